The Morgan fingerprint density at radius 1 is 1.12 bits per heavy atom. The van der Waals surface area contributed by atoms with E-state index in [-0.39, 0.29) is 0 Å². The van der Waals surface area contributed by atoms with Crippen molar-refractivity contribution in [1.82, 2.24) is 0 Å². The van der Waals surface area contributed by atoms with Crippen LogP contribution in [0.15, 0.2) is 11.5 Å². The van der Waals surface area contributed by atoms with Crippen molar-refractivity contribution in [3.05, 3.63) is 11.5 Å². The van der Waals surface area contributed by atoms with Gasteiger partial charge in [-0.2, -0.15) is 0 Å². The van der Waals surface area contributed by atoms with Crippen LogP contribution in [0.5, 0.6) is 0 Å². The van der Waals surface area contributed by atoms with Crippen molar-refractivity contribution in [1.29, 1.82) is 0 Å². The Kier molecular flexibility index (Phi) is 6.89. The lowest BCUT2D eigenvalue weighted by atomic mass is 10.0. The molecule has 138 valence electrons. The zero-order chi connectivity index (χ0) is 18.6. The standard InChI is InChI=1S/C12H18O12/c13-1-3(14)5(16)6(17)8(19)11(21)23-2-4(15)10-7(18)9(20)12(22)24-10/h3-6,8,10,13-20H,1-2H2/t3-,4-,5-,6+,8-,10-/m1/s1. The Morgan fingerprint density at radius 2 is 1.71 bits per heavy atom. The van der Waals surface area contributed by atoms with Crippen LogP contribution in [0.3, 0.4) is 0 Å². The molecule has 12 nitrogen and oxygen atoms in total. The second-order valence-electron chi connectivity index (χ2n) is 4.93. The van der Waals surface area contributed by atoms with E-state index < -0.39 is 73.3 Å². The summed E-state index contributed by atoms with van der Waals surface area (Å²) in [4.78, 5) is 22.4. The molecule has 0 spiro atoms. The smallest absolute Gasteiger partial charge is 0.377 e. The van der Waals surface area contributed by atoms with E-state index >= 15 is 0 Å². The van der Waals surface area contributed by atoms with Gasteiger partial charge in [0, 0.05) is 0 Å². The monoisotopic (exact) mass is 354 g/mol. The Morgan fingerprint density at radius 3 is 2.17 bits per heavy atom. The Balaban J connectivity index is 2.55. The molecular weight excluding hydrogens is 336 g/mol. The minimum atomic E-state index is -2.32. The Labute approximate surface area is 134 Å². The SMILES string of the molecule is O=C1O[C@H]([C@H](O)COC(=O)[C@H](O)[C@@H](O)[C@H](O)[C@H](O)CO)C(O)=C1O. The molecule has 1 rings (SSSR count). The number of carbonyl (C=O) groups is 2. The molecule has 0 aliphatic carbocycles. The molecule has 0 fully saturated rings. The molecule has 0 saturated heterocycles. The summed E-state index contributed by atoms with van der Waals surface area (Å²) in [6.45, 7) is -1.85. The number of carbonyl (C=O) groups excluding carboxylic acids is 2. The minimum Gasteiger partial charge on any atom is -0.505 e. The van der Waals surface area contributed by atoms with Crippen molar-refractivity contribution >= 4 is 11.9 Å². The van der Waals surface area contributed by atoms with Crippen molar-refractivity contribution < 1.29 is 59.9 Å². The highest BCUT2D eigenvalue weighted by Gasteiger charge is 2.40. The molecule has 0 saturated carbocycles. The first-order valence-corrected chi connectivity index (χ1v) is 6.62. The highest BCUT2D eigenvalue weighted by Crippen LogP contribution is 2.21. The zero-order valence-electron chi connectivity index (χ0n) is 12.1. The van der Waals surface area contributed by atoms with Crippen LogP contribution in [-0.4, -0.2) is 103 Å². The van der Waals surface area contributed by atoms with E-state index in [0.29, 0.717) is 0 Å². The lowest BCUT2D eigenvalue weighted by molar-refractivity contribution is -0.175. The summed E-state index contributed by atoms with van der Waals surface area (Å²) < 4.78 is 8.83. The van der Waals surface area contributed by atoms with E-state index in [2.05, 4.69) is 9.47 Å². The quantitative estimate of drug-likeness (QED) is 0.194. The average molecular weight is 354 g/mol. The second kappa shape index (κ2) is 8.23. The van der Waals surface area contributed by atoms with Crippen LogP contribution in [0.1, 0.15) is 0 Å². The molecule has 6 atom stereocenters. The Hall–Kier alpha value is -1.96. The normalized spacial score (nSPS) is 24.1. The third-order valence-electron chi connectivity index (χ3n) is 3.18. The largest absolute Gasteiger partial charge is 0.505 e. The fourth-order valence-corrected chi connectivity index (χ4v) is 1.73. The number of aliphatic hydroxyl groups is 8. The van der Waals surface area contributed by atoms with Crippen LogP contribution in [0.2, 0.25) is 0 Å². The summed E-state index contributed by atoms with van der Waals surface area (Å²) in [5.41, 5.74) is 0. The predicted molar refractivity (Wildman–Crippen MR) is 70.2 cm³/mol. The highest BCUT2D eigenvalue weighted by atomic mass is 16.6. The fraction of sp³-hybridized carbons (Fsp3) is 0.667. The number of ether oxygens (including phenoxy) is 2. The molecule has 0 aromatic carbocycles. The zero-order valence-corrected chi connectivity index (χ0v) is 12.1. The lowest BCUT2D eigenvalue weighted by Crippen LogP contribution is -2.49. The van der Waals surface area contributed by atoms with E-state index in [4.69, 9.17) is 15.3 Å². The van der Waals surface area contributed by atoms with Gasteiger partial charge in [0.25, 0.3) is 0 Å². The molecule has 0 aromatic rings. The second-order valence-corrected chi connectivity index (χ2v) is 4.93. The molecule has 0 unspecified atom stereocenters. The fourth-order valence-electron chi connectivity index (χ4n) is 1.73. The summed E-state index contributed by atoms with van der Waals surface area (Å²) in [7, 11) is 0. The maximum Gasteiger partial charge on any atom is 0.377 e. The van der Waals surface area contributed by atoms with Crippen LogP contribution in [-0.2, 0) is 19.1 Å². The number of hydrogen-bond acceptors (Lipinski definition) is 12. The maximum atomic E-state index is 11.5. The molecule has 1 aliphatic rings. The third kappa shape index (κ3) is 4.31. The van der Waals surface area contributed by atoms with Crippen molar-refractivity contribution in [2.75, 3.05) is 13.2 Å². The van der Waals surface area contributed by atoms with Crippen LogP contribution >= 0.6 is 0 Å². The van der Waals surface area contributed by atoms with E-state index in [1.54, 1.807) is 0 Å². The number of hydrogen-bond donors (Lipinski definition) is 8. The van der Waals surface area contributed by atoms with E-state index in [9.17, 15) is 35.1 Å². The Bertz CT molecular complexity index is 502. The molecular formula is C12H18O12. The molecule has 0 bridgehead atoms. The van der Waals surface area contributed by atoms with E-state index in [1.807, 2.05) is 0 Å². The van der Waals surface area contributed by atoms with Gasteiger partial charge in [0.15, 0.2) is 18.0 Å². The van der Waals surface area contributed by atoms with Gasteiger partial charge in [-0.25, -0.2) is 9.59 Å². The van der Waals surface area contributed by atoms with Crippen molar-refractivity contribution in [3.8, 4) is 0 Å². The first-order valence-electron chi connectivity index (χ1n) is 6.62. The number of cyclic esters (lactones) is 1. The number of esters is 2. The molecule has 0 radical (unpaired) electrons. The van der Waals surface area contributed by atoms with Crippen molar-refractivity contribution in [2.45, 2.75) is 36.6 Å². The van der Waals surface area contributed by atoms with Crippen LogP contribution < -0.4 is 0 Å². The van der Waals surface area contributed by atoms with Gasteiger partial charge in [0.2, 0.25) is 5.76 Å². The van der Waals surface area contributed by atoms with E-state index in [1.165, 1.54) is 0 Å². The number of rotatable bonds is 8. The lowest BCUT2D eigenvalue weighted by Gasteiger charge is -2.25. The molecule has 0 aromatic heterocycles. The van der Waals surface area contributed by atoms with Crippen LogP contribution in [0.4, 0.5) is 0 Å². The van der Waals surface area contributed by atoms with Crippen molar-refractivity contribution in [2.24, 2.45) is 0 Å². The van der Waals surface area contributed by atoms with Gasteiger partial charge in [0.1, 0.15) is 31.0 Å². The van der Waals surface area contributed by atoms with Crippen molar-refractivity contribution in [3.63, 3.8) is 0 Å². The first-order chi connectivity index (χ1) is 11.1. The van der Waals surface area contributed by atoms with Crippen LogP contribution in [0.25, 0.3) is 0 Å². The summed E-state index contributed by atoms with van der Waals surface area (Å²) in [6, 6.07) is 0. The molecule has 0 amide bonds. The van der Waals surface area contributed by atoms with Gasteiger partial charge in [0.05, 0.1) is 6.61 Å². The van der Waals surface area contributed by atoms with Gasteiger partial charge in [-0.3, -0.25) is 0 Å². The third-order valence-corrected chi connectivity index (χ3v) is 3.18. The molecule has 1 heterocycles. The van der Waals surface area contributed by atoms with Gasteiger partial charge in [-0.1, -0.05) is 0 Å². The van der Waals surface area contributed by atoms with Gasteiger partial charge < -0.3 is 50.3 Å². The first kappa shape index (κ1) is 20.1. The molecule has 1 aliphatic heterocycles. The predicted octanol–water partition coefficient (Wildman–Crippen LogP) is -4.42. The van der Waals surface area contributed by atoms with Crippen LogP contribution in [0, 0.1) is 0 Å². The molecule has 12 heteroatoms. The number of aliphatic hydroxyl groups excluding tert-OH is 8. The molecule has 8 N–H and O–H groups in total. The molecule has 24 heavy (non-hydrogen) atoms. The van der Waals surface area contributed by atoms with E-state index in [0.717, 1.165) is 0 Å². The topological polar surface area (TPSA) is 214 Å². The maximum absolute atomic E-state index is 11.5. The minimum absolute atomic E-state index is 0.906. The summed E-state index contributed by atoms with van der Waals surface area (Å²) in [5, 5.41) is 74.0. The van der Waals surface area contributed by atoms with Gasteiger partial charge in [-0.15, -0.1) is 0 Å². The van der Waals surface area contributed by atoms with Gasteiger partial charge in [-0.05, 0) is 0 Å². The average Bonchev–Trinajstić information content (AvgIpc) is 2.83. The summed E-state index contributed by atoms with van der Waals surface area (Å²) >= 11 is 0. The highest BCUT2D eigenvalue weighted by molar-refractivity contribution is 5.89. The van der Waals surface area contributed by atoms with Gasteiger partial charge >= 0.3 is 11.9 Å². The summed E-state index contributed by atoms with van der Waals surface area (Å²) in [5.74, 6) is -4.88. The summed E-state index contributed by atoms with van der Waals surface area (Å²) in [6.07, 6.45) is -11.9.